The summed E-state index contributed by atoms with van der Waals surface area (Å²) in [5.74, 6) is -2.77. The van der Waals surface area contributed by atoms with Crippen LogP contribution in [-0.4, -0.2) is 81.7 Å². The highest BCUT2D eigenvalue weighted by Crippen LogP contribution is 2.41. The van der Waals surface area contributed by atoms with Crippen molar-refractivity contribution in [2.75, 3.05) is 47.4 Å². The zero-order valence-electron chi connectivity index (χ0n) is 16.9. The molecule has 0 aliphatic carbocycles. The van der Waals surface area contributed by atoms with Gasteiger partial charge in [-0.3, -0.25) is 0 Å². The minimum atomic E-state index is -3.05. The maximum atomic E-state index is 14.6. The number of hydrogen-bond donors (Lipinski definition) is 0. The topological polar surface area (TPSA) is 70.3 Å². The first-order chi connectivity index (χ1) is 13.8. The van der Waals surface area contributed by atoms with Gasteiger partial charge in [0.15, 0.2) is 17.6 Å². The lowest BCUT2D eigenvalue weighted by Crippen LogP contribution is -2.52. The molecule has 2 heterocycles. The Bertz CT molecular complexity index is 789. The summed E-state index contributed by atoms with van der Waals surface area (Å²) in [4.78, 5) is 7.56. The molecule has 0 saturated carbocycles. The van der Waals surface area contributed by atoms with Gasteiger partial charge in [0.05, 0.1) is 31.8 Å². The quantitative estimate of drug-likeness (QED) is 0.533. The molecule has 0 amide bonds. The van der Waals surface area contributed by atoms with Crippen LogP contribution in [-0.2, 0) is 4.74 Å². The van der Waals surface area contributed by atoms with Gasteiger partial charge >= 0.3 is 0 Å². The van der Waals surface area contributed by atoms with E-state index in [1.807, 2.05) is 0 Å². The molecule has 1 aromatic rings. The second kappa shape index (κ2) is 8.93. The molecule has 0 aromatic heterocycles. The van der Waals surface area contributed by atoms with Gasteiger partial charge < -0.3 is 24.0 Å². The predicted octanol–water partition coefficient (Wildman–Crippen LogP) is 2.67. The molecule has 0 N–H and O–H groups in total. The Morgan fingerprint density at radius 3 is 2.76 bits per heavy atom. The van der Waals surface area contributed by atoms with Gasteiger partial charge in [0.2, 0.25) is 0 Å². The third kappa shape index (κ3) is 5.14. The number of benzene rings is 1. The van der Waals surface area contributed by atoms with Crippen LogP contribution in [0.5, 0.6) is 11.5 Å². The first-order valence-corrected chi connectivity index (χ1v) is 9.55. The summed E-state index contributed by atoms with van der Waals surface area (Å²) in [5, 5.41) is 9.76. The van der Waals surface area contributed by atoms with Crippen LogP contribution in [0.4, 0.5) is 14.5 Å². The predicted molar refractivity (Wildman–Crippen MR) is 104 cm³/mol. The van der Waals surface area contributed by atoms with Crippen LogP contribution in [0.3, 0.4) is 0 Å². The summed E-state index contributed by atoms with van der Waals surface area (Å²) in [5.41, 5.74) is 0.414. The van der Waals surface area contributed by atoms with Gasteiger partial charge in [0.25, 0.3) is 5.92 Å². The molecule has 2 aliphatic rings. The SMILES string of the molecule is CN(C)/C=N/c1ccc(O[C@H]2CCOC2)c(OC2CCN(C)CC2(F)F)c1C#N. The highest BCUT2D eigenvalue weighted by Gasteiger charge is 2.46. The number of rotatable bonds is 6. The summed E-state index contributed by atoms with van der Waals surface area (Å²) < 4.78 is 46.2. The molecule has 158 valence electrons. The summed E-state index contributed by atoms with van der Waals surface area (Å²) in [6.07, 6.45) is 0.812. The van der Waals surface area contributed by atoms with E-state index < -0.39 is 18.6 Å². The second-order valence-corrected chi connectivity index (χ2v) is 7.60. The van der Waals surface area contributed by atoms with Crippen molar-refractivity contribution in [1.29, 1.82) is 5.26 Å². The van der Waals surface area contributed by atoms with Crippen molar-refractivity contribution in [1.82, 2.24) is 9.80 Å². The van der Waals surface area contributed by atoms with Gasteiger partial charge in [-0.05, 0) is 19.2 Å². The number of likely N-dealkylation sites (tertiary alicyclic amines) is 1. The number of alkyl halides is 2. The number of hydrogen-bond acceptors (Lipinski definition) is 6. The Balaban J connectivity index is 1.97. The van der Waals surface area contributed by atoms with E-state index in [1.165, 1.54) is 6.34 Å². The molecule has 2 saturated heterocycles. The first kappa shape index (κ1) is 21.3. The molecule has 7 nitrogen and oxygen atoms in total. The van der Waals surface area contributed by atoms with E-state index in [2.05, 4.69) is 11.1 Å². The number of piperidine rings is 1. The molecule has 1 aromatic carbocycles. The zero-order chi connectivity index (χ0) is 21.0. The highest BCUT2D eigenvalue weighted by atomic mass is 19.3. The van der Waals surface area contributed by atoms with Crippen LogP contribution in [0.2, 0.25) is 0 Å². The lowest BCUT2D eigenvalue weighted by molar-refractivity contribution is -0.135. The fourth-order valence-corrected chi connectivity index (χ4v) is 3.32. The van der Waals surface area contributed by atoms with Gasteiger partial charge in [0, 0.05) is 33.5 Å². The second-order valence-electron chi connectivity index (χ2n) is 7.60. The van der Waals surface area contributed by atoms with Crippen molar-refractivity contribution in [2.45, 2.75) is 31.0 Å². The van der Waals surface area contributed by atoms with Gasteiger partial charge in [-0.15, -0.1) is 0 Å². The molecule has 3 rings (SSSR count). The normalized spacial score (nSPS) is 24.4. The summed E-state index contributed by atoms with van der Waals surface area (Å²) in [6, 6.07) is 5.30. The van der Waals surface area contributed by atoms with Crippen LogP contribution >= 0.6 is 0 Å². The van der Waals surface area contributed by atoms with E-state index in [-0.39, 0.29) is 29.6 Å². The smallest absolute Gasteiger partial charge is 0.296 e. The van der Waals surface area contributed by atoms with E-state index in [0.29, 0.717) is 31.9 Å². The molecule has 2 aliphatic heterocycles. The molecular formula is C20H26F2N4O3. The van der Waals surface area contributed by atoms with E-state index in [4.69, 9.17) is 14.2 Å². The lowest BCUT2D eigenvalue weighted by Gasteiger charge is -2.36. The fourth-order valence-electron chi connectivity index (χ4n) is 3.32. The highest BCUT2D eigenvalue weighted by molar-refractivity contribution is 5.70. The number of nitrogens with zero attached hydrogens (tertiary/aromatic N) is 4. The Morgan fingerprint density at radius 2 is 2.14 bits per heavy atom. The average molecular weight is 408 g/mol. The standard InChI is InChI=1S/C20H26F2N4O3/c1-25(2)13-24-16-4-5-17(28-14-7-9-27-11-14)19(15(16)10-23)29-18-6-8-26(3)12-20(18,21)22/h4-5,13-14,18H,6-9,11-12H2,1-3H3/b24-13+/t14-,18?/m0/s1. The molecule has 2 fully saturated rings. The van der Waals surface area contributed by atoms with Crippen molar-refractivity contribution in [2.24, 2.45) is 4.99 Å². The lowest BCUT2D eigenvalue weighted by atomic mass is 10.0. The maximum absolute atomic E-state index is 14.6. The minimum Gasteiger partial charge on any atom is -0.484 e. The van der Waals surface area contributed by atoms with Crippen LogP contribution in [0.25, 0.3) is 0 Å². The fraction of sp³-hybridized carbons (Fsp3) is 0.600. The van der Waals surface area contributed by atoms with Gasteiger partial charge in [-0.1, -0.05) is 0 Å². The summed E-state index contributed by atoms with van der Waals surface area (Å²) >= 11 is 0. The van der Waals surface area contributed by atoms with Crippen molar-refractivity contribution < 1.29 is 23.0 Å². The van der Waals surface area contributed by atoms with Crippen LogP contribution in [0.1, 0.15) is 18.4 Å². The number of aliphatic imine (C=N–C) groups is 1. The van der Waals surface area contributed by atoms with Gasteiger partial charge in [0.1, 0.15) is 17.7 Å². The molecule has 1 unspecified atom stereocenters. The van der Waals surface area contributed by atoms with Crippen molar-refractivity contribution in [3.8, 4) is 17.6 Å². The van der Waals surface area contributed by atoms with Crippen LogP contribution < -0.4 is 9.47 Å². The van der Waals surface area contributed by atoms with E-state index >= 15 is 0 Å². The average Bonchev–Trinajstić information content (AvgIpc) is 3.16. The van der Waals surface area contributed by atoms with Gasteiger partial charge in [-0.25, -0.2) is 13.8 Å². The maximum Gasteiger partial charge on any atom is 0.296 e. The monoisotopic (exact) mass is 408 g/mol. The van der Waals surface area contributed by atoms with Crippen LogP contribution in [0.15, 0.2) is 17.1 Å². The third-order valence-corrected chi connectivity index (χ3v) is 4.81. The van der Waals surface area contributed by atoms with Crippen molar-refractivity contribution >= 4 is 12.0 Å². The van der Waals surface area contributed by atoms with E-state index in [0.717, 1.165) is 0 Å². The first-order valence-electron chi connectivity index (χ1n) is 9.55. The van der Waals surface area contributed by atoms with E-state index in [9.17, 15) is 14.0 Å². The van der Waals surface area contributed by atoms with Gasteiger partial charge in [-0.2, -0.15) is 5.26 Å². The largest absolute Gasteiger partial charge is 0.484 e. The molecule has 0 spiro atoms. The van der Waals surface area contributed by atoms with Crippen LogP contribution in [0, 0.1) is 11.3 Å². The Hall–Kier alpha value is -2.44. The number of halogens is 2. The number of ether oxygens (including phenoxy) is 3. The Morgan fingerprint density at radius 1 is 1.34 bits per heavy atom. The summed E-state index contributed by atoms with van der Waals surface area (Å²) in [7, 11) is 5.24. The molecule has 29 heavy (non-hydrogen) atoms. The molecular weight excluding hydrogens is 382 g/mol. The molecule has 9 heteroatoms. The Kier molecular flexibility index (Phi) is 6.55. The Labute approximate surface area is 169 Å². The molecule has 2 atom stereocenters. The van der Waals surface area contributed by atoms with Crippen molar-refractivity contribution in [3.05, 3.63) is 17.7 Å². The minimum absolute atomic E-state index is 0.0158. The third-order valence-electron chi connectivity index (χ3n) is 4.81. The number of nitriles is 1. The molecule has 0 bridgehead atoms. The zero-order valence-corrected chi connectivity index (χ0v) is 16.9. The molecule has 0 radical (unpaired) electrons. The summed E-state index contributed by atoms with van der Waals surface area (Å²) in [6.45, 7) is 1.06. The van der Waals surface area contributed by atoms with E-state index in [1.54, 1.807) is 43.1 Å². The van der Waals surface area contributed by atoms with Crippen molar-refractivity contribution in [3.63, 3.8) is 0 Å².